The fourth-order valence-electron chi connectivity index (χ4n) is 5.22. The van der Waals surface area contributed by atoms with Gasteiger partial charge in [0.1, 0.15) is 23.5 Å². The predicted octanol–water partition coefficient (Wildman–Crippen LogP) is 0.657. The number of nitrogens with zero attached hydrogens (tertiary/aromatic N) is 5. The van der Waals surface area contributed by atoms with E-state index in [0.717, 1.165) is 12.8 Å². The van der Waals surface area contributed by atoms with Crippen LogP contribution in [0.2, 0.25) is 0 Å². The third-order valence-corrected chi connectivity index (χ3v) is 7.91. The lowest BCUT2D eigenvalue weighted by Crippen LogP contribution is -2.43. The number of piperidine rings is 1. The Hall–Kier alpha value is -4.78. The molecule has 0 radical (unpaired) electrons. The molecule has 0 spiro atoms. The van der Waals surface area contributed by atoms with Crippen LogP contribution in [-0.4, -0.2) is 95.2 Å². The smallest absolute Gasteiger partial charge is 0.415 e. The number of aromatic carboxylic acids is 1. The second-order valence-electron chi connectivity index (χ2n) is 11.1. The monoisotopic (exact) mass is 605 g/mol. The van der Waals surface area contributed by atoms with Gasteiger partial charge in [-0.15, -0.1) is 0 Å². The number of anilines is 1. The van der Waals surface area contributed by atoms with Crippen LogP contribution < -0.4 is 15.8 Å². The Morgan fingerprint density at radius 3 is 2.48 bits per heavy atom. The van der Waals surface area contributed by atoms with E-state index in [-0.39, 0.29) is 46.1 Å². The molecule has 2 aromatic heterocycles. The normalized spacial score (nSPS) is 23.6. The zero-order chi connectivity index (χ0) is 31.0. The van der Waals surface area contributed by atoms with Gasteiger partial charge in [0.05, 0.1) is 11.9 Å². The van der Waals surface area contributed by atoms with E-state index in [1.807, 2.05) is 0 Å². The van der Waals surface area contributed by atoms with Crippen LogP contribution in [0.1, 0.15) is 54.5 Å². The Morgan fingerprint density at radius 1 is 1.07 bits per heavy atom. The Balaban J connectivity index is 1.06. The quantitative estimate of drug-likeness (QED) is 0.245. The number of carbonyl (C=O) groups is 3. The lowest BCUT2D eigenvalue weighted by molar-refractivity contribution is -0.137. The first-order valence-corrected chi connectivity index (χ1v) is 14.3. The van der Waals surface area contributed by atoms with Gasteiger partial charge >= 0.3 is 12.1 Å². The van der Waals surface area contributed by atoms with Crippen molar-refractivity contribution in [1.29, 1.82) is 0 Å². The minimum Gasteiger partial charge on any atom is -0.478 e. The van der Waals surface area contributed by atoms with Gasteiger partial charge in [0.15, 0.2) is 23.8 Å². The highest BCUT2D eigenvalue weighted by molar-refractivity contribution is 5.87. The zero-order valence-electron chi connectivity index (χ0n) is 23.5. The van der Waals surface area contributed by atoms with E-state index in [2.05, 4.69) is 32.1 Å². The van der Waals surface area contributed by atoms with Crippen molar-refractivity contribution in [2.24, 2.45) is 5.92 Å². The fraction of sp³-hybridized carbons (Fsp3) is 0.448. The number of nitrogens with two attached hydrogens (primary N) is 1. The summed E-state index contributed by atoms with van der Waals surface area (Å²) in [6, 6.07) is 5.71. The number of carboxylic acid groups (broad SMARTS) is 1. The van der Waals surface area contributed by atoms with Crippen LogP contribution in [0.15, 0.2) is 30.6 Å². The SMILES string of the molecule is Nc1nc(C#CCC2CCN(C(=O)Oc3ccc(C(=O)O)cc3)CC2)nc2c1ncn2[C@@H]1O[C@H](C(=O)NC2CC2)C(O)C1O. The van der Waals surface area contributed by atoms with Gasteiger partial charge in [-0.05, 0) is 61.8 Å². The summed E-state index contributed by atoms with van der Waals surface area (Å²) in [5.74, 6) is 5.20. The topological polar surface area (TPSA) is 215 Å². The number of ether oxygens (including phenoxy) is 2. The number of carbonyl (C=O) groups excluding carboxylic acids is 2. The molecule has 15 heteroatoms. The number of imidazole rings is 1. The largest absolute Gasteiger partial charge is 0.478 e. The number of fused-ring (bicyclic) bond motifs is 1. The predicted molar refractivity (Wildman–Crippen MR) is 152 cm³/mol. The van der Waals surface area contributed by atoms with E-state index >= 15 is 0 Å². The summed E-state index contributed by atoms with van der Waals surface area (Å²) in [5, 5.41) is 32.9. The number of aromatic nitrogens is 4. The van der Waals surface area contributed by atoms with Crippen molar-refractivity contribution in [3.05, 3.63) is 42.0 Å². The van der Waals surface area contributed by atoms with Gasteiger partial charge in [-0.25, -0.2) is 24.5 Å². The first-order valence-electron chi connectivity index (χ1n) is 14.3. The molecular weight excluding hydrogens is 574 g/mol. The molecule has 1 saturated carbocycles. The summed E-state index contributed by atoms with van der Waals surface area (Å²) >= 11 is 0. The third-order valence-electron chi connectivity index (χ3n) is 7.91. The molecule has 6 N–H and O–H groups in total. The Bertz CT molecular complexity index is 1640. The number of hydrogen-bond acceptors (Lipinski definition) is 11. The van der Waals surface area contributed by atoms with Gasteiger partial charge in [0.25, 0.3) is 5.91 Å². The van der Waals surface area contributed by atoms with Gasteiger partial charge in [0.2, 0.25) is 5.82 Å². The standard InChI is InChI=1S/C29H31N7O8/c30-24-20-25(36(14-31-20)27-22(38)21(37)23(44-27)26(39)32-17-6-7-17)34-19(33-24)3-1-2-15-10-12-35(13-11-15)29(42)43-18-8-4-16(5-9-18)28(40)41/h4-5,8-9,14-15,17,21-23,27,37-38H,2,6-7,10-13H2,(H,32,39)(H,40,41)(H2,30,33,34)/t21?,22?,23-,27+/m0/s1. The molecule has 2 saturated heterocycles. The van der Waals surface area contributed by atoms with Crippen LogP contribution in [0.5, 0.6) is 5.75 Å². The summed E-state index contributed by atoms with van der Waals surface area (Å²) in [4.78, 5) is 50.5. The fourth-order valence-corrected chi connectivity index (χ4v) is 5.22. The summed E-state index contributed by atoms with van der Waals surface area (Å²) in [5.41, 5.74) is 6.73. The molecule has 3 fully saturated rings. The van der Waals surface area contributed by atoms with Crippen LogP contribution in [0, 0.1) is 17.8 Å². The number of aliphatic hydroxyl groups is 2. The van der Waals surface area contributed by atoms with Crippen LogP contribution >= 0.6 is 0 Å². The van der Waals surface area contributed by atoms with Crippen LogP contribution in [0.25, 0.3) is 11.2 Å². The average Bonchev–Trinajstić information content (AvgIpc) is 3.64. The second kappa shape index (κ2) is 12.1. The number of carboxylic acids is 1. The number of rotatable bonds is 6. The van der Waals surface area contributed by atoms with Crippen molar-refractivity contribution >= 4 is 35.0 Å². The number of nitrogen functional groups attached to an aromatic ring is 1. The highest BCUT2D eigenvalue weighted by Crippen LogP contribution is 2.33. The van der Waals surface area contributed by atoms with E-state index in [9.17, 15) is 24.6 Å². The van der Waals surface area contributed by atoms with E-state index in [0.29, 0.717) is 32.4 Å². The molecule has 1 aliphatic carbocycles. The van der Waals surface area contributed by atoms with Crippen molar-refractivity contribution in [1.82, 2.24) is 29.7 Å². The Labute approximate surface area is 251 Å². The maximum Gasteiger partial charge on any atom is 0.415 e. The number of hydrogen-bond donors (Lipinski definition) is 5. The summed E-state index contributed by atoms with van der Waals surface area (Å²) in [6.07, 6.45) is -0.647. The van der Waals surface area contributed by atoms with Crippen molar-refractivity contribution in [2.45, 2.75) is 62.7 Å². The minimum atomic E-state index is -1.44. The minimum absolute atomic E-state index is 0.0677. The Kier molecular flexibility index (Phi) is 8.04. The average molecular weight is 606 g/mol. The lowest BCUT2D eigenvalue weighted by atomic mass is 9.94. The first kappa shape index (κ1) is 29.3. The van der Waals surface area contributed by atoms with E-state index in [4.69, 9.17) is 20.3 Å². The second-order valence-corrected chi connectivity index (χ2v) is 11.1. The van der Waals surface area contributed by atoms with Crippen molar-refractivity contribution in [3.63, 3.8) is 0 Å². The summed E-state index contributed by atoms with van der Waals surface area (Å²) in [7, 11) is 0. The number of likely N-dealkylation sites (tertiary alicyclic amines) is 1. The van der Waals surface area contributed by atoms with Gasteiger partial charge in [-0.1, -0.05) is 5.92 Å². The lowest BCUT2D eigenvalue weighted by Gasteiger charge is -2.30. The molecule has 2 aliphatic heterocycles. The molecule has 4 heterocycles. The first-order chi connectivity index (χ1) is 21.2. The van der Waals surface area contributed by atoms with Gasteiger partial charge < -0.3 is 40.7 Å². The molecular formula is C29H31N7O8. The van der Waals surface area contributed by atoms with Crippen molar-refractivity contribution < 1.29 is 39.2 Å². The molecule has 0 bridgehead atoms. The van der Waals surface area contributed by atoms with Crippen LogP contribution in [0.3, 0.4) is 0 Å². The van der Waals surface area contributed by atoms with E-state index < -0.39 is 42.5 Å². The van der Waals surface area contributed by atoms with E-state index in [1.54, 1.807) is 4.90 Å². The van der Waals surface area contributed by atoms with Crippen LogP contribution in [0.4, 0.5) is 10.6 Å². The highest BCUT2D eigenvalue weighted by atomic mass is 16.6. The highest BCUT2D eigenvalue weighted by Gasteiger charge is 2.48. The third kappa shape index (κ3) is 6.13. The van der Waals surface area contributed by atoms with Crippen molar-refractivity contribution in [3.8, 4) is 17.6 Å². The molecule has 3 aliphatic rings. The number of nitrogens with one attached hydrogen (secondary N) is 1. The number of benzene rings is 1. The molecule has 2 unspecified atom stereocenters. The molecule has 230 valence electrons. The molecule has 44 heavy (non-hydrogen) atoms. The number of amides is 2. The van der Waals surface area contributed by atoms with Gasteiger partial charge in [-0.3, -0.25) is 9.36 Å². The molecule has 15 nitrogen and oxygen atoms in total. The molecule has 4 atom stereocenters. The molecule has 6 rings (SSSR count). The zero-order valence-corrected chi connectivity index (χ0v) is 23.5. The molecule has 1 aromatic carbocycles. The summed E-state index contributed by atoms with van der Waals surface area (Å²) < 4.78 is 12.5. The van der Waals surface area contributed by atoms with Crippen LogP contribution in [-0.2, 0) is 9.53 Å². The molecule has 2 amide bonds. The number of aliphatic hydroxyl groups excluding tert-OH is 2. The van der Waals surface area contributed by atoms with E-state index in [1.165, 1.54) is 35.2 Å². The maximum atomic E-state index is 12.5. The van der Waals surface area contributed by atoms with Crippen molar-refractivity contribution in [2.75, 3.05) is 18.8 Å². The van der Waals surface area contributed by atoms with Gasteiger partial charge in [0, 0.05) is 25.6 Å². The summed E-state index contributed by atoms with van der Waals surface area (Å²) in [6.45, 7) is 0.977. The molecule has 3 aromatic rings. The Morgan fingerprint density at radius 2 is 1.80 bits per heavy atom. The van der Waals surface area contributed by atoms with Gasteiger partial charge in [-0.2, -0.15) is 0 Å². The maximum absolute atomic E-state index is 12.5.